The van der Waals surface area contributed by atoms with Gasteiger partial charge in [0.05, 0.1) is 0 Å². The summed E-state index contributed by atoms with van der Waals surface area (Å²) in [5.74, 6) is 0. The lowest BCUT2D eigenvalue weighted by Gasteiger charge is -1.94. The van der Waals surface area contributed by atoms with Crippen LogP contribution >= 0.6 is 0 Å². The largest absolute Gasteiger partial charge is 0.290 e. The van der Waals surface area contributed by atoms with Crippen molar-refractivity contribution in [2.75, 3.05) is 7.05 Å². The van der Waals surface area contributed by atoms with Crippen molar-refractivity contribution in [3.05, 3.63) is 0 Å². The van der Waals surface area contributed by atoms with Crippen LogP contribution in [0, 0.1) is 5.41 Å². The van der Waals surface area contributed by atoms with Crippen LogP contribution in [0.25, 0.3) is 0 Å². The summed E-state index contributed by atoms with van der Waals surface area (Å²) in [6, 6.07) is 0. The molecule has 0 radical (unpaired) electrons. The summed E-state index contributed by atoms with van der Waals surface area (Å²) in [5, 5.41) is 14.8. The van der Waals surface area contributed by atoms with Crippen molar-refractivity contribution in [3.63, 3.8) is 0 Å². The fraction of sp³-hybridized carbons (Fsp3) is 0.500. The Morgan fingerprint density at radius 2 is 2.20 bits per heavy atom. The average Bonchev–Trinajstić information content (AvgIpc) is 1.38. The van der Waals surface area contributed by atoms with Crippen molar-refractivity contribution in [2.45, 2.75) is 0 Å². The van der Waals surface area contributed by atoms with Gasteiger partial charge in [-0.25, -0.2) is 5.06 Å². The van der Waals surface area contributed by atoms with E-state index < -0.39 is 0 Å². The molecule has 0 bridgehead atoms. The molecule has 0 saturated heterocycles. The van der Waals surface area contributed by atoms with Crippen LogP contribution in [-0.2, 0) is 0 Å². The highest BCUT2D eigenvalue weighted by atomic mass is 16.5. The number of hydroxylamine groups is 2. The molecule has 0 aliphatic rings. The van der Waals surface area contributed by atoms with Gasteiger partial charge >= 0.3 is 0 Å². The Labute approximate surface area is 30.3 Å². The topological polar surface area (TPSA) is 47.3 Å². The van der Waals surface area contributed by atoms with Gasteiger partial charge in [-0.15, -0.1) is 0 Å². The summed E-state index contributed by atoms with van der Waals surface area (Å²) in [5.41, 5.74) is 0. The van der Waals surface area contributed by atoms with E-state index in [9.17, 15) is 0 Å². The van der Waals surface area contributed by atoms with Gasteiger partial charge in [0.2, 0.25) is 0 Å². The third-order valence-corrected chi connectivity index (χ3v) is 0.187. The van der Waals surface area contributed by atoms with E-state index >= 15 is 0 Å². The van der Waals surface area contributed by atoms with Crippen LogP contribution in [0.3, 0.4) is 0 Å². The molecule has 5 heavy (non-hydrogen) atoms. The molecular formula is C2H6N2O. The lowest BCUT2D eigenvalue weighted by molar-refractivity contribution is 0.0192. The smallest absolute Gasteiger partial charge is 0.106 e. The van der Waals surface area contributed by atoms with Crippen LogP contribution in [0.1, 0.15) is 0 Å². The Hall–Kier alpha value is -0.570. The molecule has 2 N–H and O–H groups in total. The van der Waals surface area contributed by atoms with E-state index in [2.05, 4.69) is 0 Å². The molecule has 0 aromatic carbocycles. The van der Waals surface area contributed by atoms with Crippen LogP contribution in [0.5, 0.6) is 0 Å². The third kappa shape index (κ3) is 3.43. The normalized spacial score (nSPS) is 6.80. The molecule has 0 aromatic heterocycles. The minimum absolute atomic E-state index is 0.667. The Kier molecular flexibility index (Phi) is 1.53. The molecule has 0 aromatic rings. The maximum Gasteiger partial charge on any atom is 0.106 e. The fourth-order valence-corrected chi connectivity index (χ4v) is 0. The van der Waals surface area contributed by atoms with Crippen molar-refractivity contribution < 1.29 is 5.21 Å². The third-order valence-electron chi connectivity index (χ3n) is 0.187. The fourth-order valence-electron chi connectivity index (χ4n) is 0. The second-order valence-corrected chi connectivity index (χ2v) is 0.703. The zero-order valence-corrected chi connectivity index (χ0v) is 2.97. The molecular weight excluding hydrogens is 68.0 g/mol. The van der Waals surface area contributed by atoms with Crippen LogP contribution in [0.4, 0.5) is 0 Å². The number of hydrogen-bond acceptors (Lipinski definition) is 2. The van der Waals surface area contributed by atoms with Crippen molar-refractivity contribution >= 4 is 6.34 Å². The highest BCUT2D eigenvalue weighted by Crippen LogP contribution is 1.51. The Bertz CT molecular complexity index is 34.6. The van der Waals surface area contributed by atoms with Gasteiger partial charge in [-0.3, -0.25) is 10.6 Å². The summed E-state index contributed by atoms with van der Waals surface area (Å²) >= 11 is 0. The number of nitrogens with zero attached hydrogens (tertiary/aromatic N) is 1. The van der Waals surface area contributed by atoms with E-state index in [-0.39, 0.29) is 0 Å². The van der Waals surface area contributed by atoms with Gasteiger partial charge in [-0.05, 0) is 0 Å². The molecule has 0 aliphatic carbocycles. The van der Waals surface area contributed by atoms with E-state index in [0.717, 1.165) is 6.34 Å². The number of nitrogens with one attached hydrogen (secondary N) is 1. The molecule has 0 amide bonds. The Morgan fingerprint density at radius 1 is 2.00 bits per heavy atom. The van der Waals surface area contributed by atoms with E-state index in [0.29, 0.717) is 5.06 Å². The molecule has 0 spiro atoms. The van der Waals surface area contributed by atoms with Crippen molar-refractivity contribution in [3.8, 4) is 0 Å². The molecule has 0 unspecified atom stereocenters. The lowest BCUT2D eigenvalue weighted by Crippen LogP contribution is -2.06. The number of rotatable bonds is 1. The summed E-state index contributed by atoms with van der Waals surface area (Å²) in [6.07, 6.45) is 0.806. The Balaban J connectivity index is 2.83. The van der Waals surface area contributed by atoms with Crippen molar-refractivity contribution in [1.29, 1.82) is 5.41 Å². The molecule has 3 heteroatoms. The maximum atomic E-state index is 7.95. The monoisotopic (exact) mass is 74.0 g/mol. The maximum absolute atomic E-state index is 7.95. The standard InChI is InChI=1S/C2H6N2O/c1-4(5)2-3/h2-3,5H,1H3. The second kappa shape index (κ2) is 1.72. The van der Waals surface area contributed by atoms with Gasteiger partial charge in [-0.1, -0.05) is 0 Å². The SMILES string of the molecule is CN(O)C=N. The van der Waals surface area contributed by atoms with Gasteiger partial charge in [0, 0.05) is 7.05 Å². The zero-order chi connectivity index (χ0) is 4.28. The van der Waals surface area contributed by atoms with Crippen LogP contribution in [0.2, 0.25) is 0 Å². The predicted molar refractivity (Wildman–Crippen MR) is 18.3 cm³/mol. The van der Waals surface area contributed by atoms with Crippen molar-refractivity contribution in [2.24, 2.45) is 0 Å². The second-order valence-electron chi connectivity index (χ2n) is 0.703. The minimum atomic E-state index is 0.667. The van der Waals surface area contributed by atoms with Gasteiger partial charge in [0.15, 0.2) is 0 Å². The first-order chi connectivity index (χ1) is 2.27. The van der Waals surface area contributed by atoms with Gasteiger partial charge in [-0.2, -0.15) is 0 Å². The summed E-state index contributed by atoms with van der Waals surface area (Å²) in [6.45, 7) is 0. The highest BCUT2D eigenvalue weighted by Gasteiger charge is 1.66. The van der Waals surface area contributed by atoms with E-state index in [1.807, 2.05) is 0 Å². The molecule has 0 aliphatic heterocycles. The summed E-state index contributed by atoms with van der Waals surface area (Å²) in [4.78, 5) is 0. The van der Waals surface area contributed by atoms with E-state index in [4.69, 9.17) is 10.6 Å². The quantitative estimate of drug-likeness (QED) is 0.259. The van der Waals surface area contributed by atoms with Crippen molar-refractivity contribution in [1.82, 2.24) is 5.06 Å². The Morgan fingerprint density at radius 3 is 2.20 bits per heavy atom. The molecule has 0 saturated carbocycles. The zero-order valence-electron chi connectivity index (χ0n) is 2.97. The first kappa shape index (κ1) is 4.43. The van der Waals surface area contributed by atoms with E-state index in [1.165, 1.54) is 7.05 Å². The first-order valence-electron chi connectivity index (χ1n) is 1.19. The van der Waals surface area contributed by atoms with E-state index in [1.54, 1.807) is 0 Å². The predicted octanol–water partition coefficient (Wildman–Crippen LogP) is -0.0855. The lowest BCUT2D eigenvalue weighted by atomic mass is 11.2. The molecule has 30 valence electrons. The molecule has 0 atom stereocenters. The summed E-state index contributed by atoms with van der Waals surface area (Å²) < 4.78 is 0. The van der Waals surface area contributed by atoms with Gasteiger partial charge in [0.25, 0.3) is 0 Å². The van der Waals surface area contributed by atoms with Gasteiger partial charge < -0.3 is 0 Å². The molecule has 0 rings (SSSR count). The average molecular weight is 74.1 g/mol. The molecule has 0 heterocycles. The first-order valence-corrected chi connectivity index (χ1v) is 1.19. The highest BCUT2D eigenvalue weighted by molar-refractivity contribution is 5.47. The van der Waals surface area contributed by atoms with Crippen LogP contribution in [0.15, 0.2) is 0 Å². The van der Waals surface area contributed by atoms with Gasteiger partial charge in [0.1, 0.15) is 6.34 Å². The summed E-state index contributed by atoms with van der Waals surface area (Å²) in [7, 11) is 1.37. The molecule has 3 nitrogen and oxygen atoms in total. The molecule has 0 fully saturated rings. The van der Waals surface area contributed by atoms with Crippen LogP contribution in [-0.4, -0.2) is 23.7 Å². The minimum Gasteiger partial charge on any atom is -0.290 e. The van der Waals surface area contributed by atoms with Crippen LogP contribution < -0.4 is 0 Å². The number of hydrogen-bond donors (Lipinski definition) is 2.